The van der Waals surface area contributed by atoms with Gasteiger partial charge in [-0.3, -0.25) is 0 Å². The standard InChI is InChI=1S/C12H15N/c1-8(2)10-5-9-3-4-12(13)7-11(9)6-10/h3-5,7-8H,6,13H2,1-2H3. The molecule has 0 spiro atoms. The van der Waals surface area contributed by atoms with E-state index in [0.29, 0.717) is 5.92 Å². The predicted octanol–water partition coefficient (Wildman–Crippen LogP) is 2.86. The van der Waals surface area contributed by atoms with Crippen LogP contribution in [-0.2, 0) is 6.42 Å². The van der Waals surface area contributed by atoms with Gasteiger partial charge in [0.15, 0.2) is 0 Å². The molecular formula is C12H15N. The largest absolute Gasteiger partial charge is 0.399 e. The van der Waals surface area contributed by atoms with Crippen LogP contribution < -0.4 is 5.73 Å². The van der Waals surface area contributed by atoms with E-state index in [4.69, 9.17) is 5.73 Å². The second kappa shape index (κ2) is 2.91. The summed E-state index contributed by atoms with van der Waals surface area (Å²) >= 11 is 0. The minimum absolute atomic E-state index is 0.647. The number of hydrogen-bond donors (Lipinski definition) is 1. The van der Waals surface area contributed by atoms with Gasteiger partial charge < -0.3 is 5.73 Å². The first-order chi connectivity index (χ1) is 6.16. The van der Waals surface area contributed by atoms with Crippen molar-refractivity contribution in [3.63, 3.8) is 0 Å². The number of nitrogens with two attached hydrogens (primary N) is 1. The Morgan fingerprint density at radius 3 is 2.77 bits per heavy atom. The summed E-state index contributed by atoms with van der Waals surface area (Å²) < 4.78 is 0. The molecule has 1 aliphatic rings. The van der Waals surface area contributed by atoms with Crippen LogP contribution in [0.3, 0.4) is 0 Å². The summed E-state index contributed by atoms with van der Waals surface area (Å²) in [6.45, 7) is 4.47. The molecule has 2 N–H and O–H groups in total. The van der Waals surface area contributed by atoms with Crippen LogP contribution in [0.1, 0.15) is 25.0 Å². The van der Waals surface area contributed by atoms with Crippen molar-refractivity contribution in [1.29, 1.82) is 0 Å². The van der Waals surface area contributed by atoms with Crippen molar-refractivity contribution in [2.45, 2.75) is 20.3 Å². The zero-order chi connectivity index (χ0) is 9.42. The third-order valence-electron chi connectivity index (χ3n) is 2.64. The molecular weight excluding hydrogens is 158 g/mol. The number of hydrogen-bond acceptors (Lipinski definition) is 1. The minimum atomic E-state index is 0.647. The normalized spacial score (nSPS) is 14.5. The Kier molecular flexibility index (Phi) is 1.87. The van der Waals surface area contributed by atoms with Gasteiger partial charge in [-0.25, -0.2) is 0 Å². The number of anilines is 1. The molecule has 0 aromatic heterocycles. The van der Waals surface area contributed by atoms with Gasteiger partial charge in [-0.15, -0.1) is 0 Å². The molecule has 1 aromatic rings. The third-order valence-corrected chi connectivity index (χ3v) is 2.64. The van der Waals surface area contributed by atoms with Gasteiger partial charge in [0.05, 0.1) is 0 Å². The first kappa shape index (κ1) is 8.36. The maximum Gasteiger partial charge on any atom is 0.0317 e. The van der Waals surface area contributed by atoms with Gasteiger partial charge in [-0.1, -0.05) is 31.6 Å². The average molecular weight is 173 g/mol. The highest BCUT2D eigenvalue weighted by molar-refractivity contribution is 5.66. The highest BCUT2D eigenvalue weighted by atomic mass is 14.5. The van der Waals surface area contributed by atoms with Crippen LogP contribution in [0.15, 0.2) is 23.8 Å². The van der Waals surface area contributed by atoms with E-state index in [-0.39, 0.29) is 0 Å². The topological polar surface area (TPSA) is 26.0 Å². The first-order valence-electron chi connectivity index (χ1n) is 4.75. The van der Waals surface area contributed by atoms with E-state index in [1.54, 1.807) is 0 Å². The lowest BCUT2D eigenvalue weighted by atomic mass is 10.0. The van der Waals surface area contributed by atoms with Gasteiger partial charge in [0, 0.05) is 5.69 Å². The Labute approximate surface area is 79.3 Å². The second-order valence-electron chi connectivity index (χ2n) is 4.01. The molecule has 0 amide bonds. The number of nitrogen functional groups attached to an aromatic ring is 1. The van der Waals surface area contributed by atoms with Crippen LogP contribution in [0, 0.1) is 5.92 Å². The number of rotatable bonds is 1. The SMILES string of the molecule is CC(C)C1=Cc2ccc(N)cc2C1. The highest BCUT2D eigenvalue weighted by Gasteiger charge is 2.14. The maximum atomic E-state index is 5.73. The Morgan fingerprint density at radius 1 is 1.31 bits per heavy atom. The number of allylic oxidation sites excluding steroid dienone is 1. The lowest BCUT2D eigenvalue weighted by Crippen LogP contribution is -1.93. The van der Waals surface area contributed by atoms with Crippen molar-refractivity contribution in [2.24, 2.45) is 5.92 Å². The molecule has 0 aliphatic heterocycles. The molecule has 1 aromatic carbocycles. The molecule has 0 heterocycles. The maximum absolute atomic E-state index is 5.73. The zero-order valence-corrected chi connectivity index (χ0v) is 8.17. The molecule has 1 heteroatoms. The Balaban J connectivity index is 2.36. The Hall–Kier alpha value is -1.24. The van der Waals surface area contributed by atoms with E-state index in [0.717, 1.165) is 12.1 Å². The van der Waals surface area contributed by atoms with Crippen molar-refractivity contribution in [3.8, 4) is 0 Å². The fourth-order valence-corrected chi connectivity index (χ4v) is 1.76. The van der Waals surface area contributed by atoms with E-state index in [2.05, 4.69) is 32.1 Å². The van der Waals surface area contributed by atoms with Gasteiger partial charge in [0.25, 0.3) is 0 Å². The third kappa shape index (κ3) is 1.46. The summed E-state index contributed by atoms with van der Waals surface area (Å²) in [5, 5.41) is 0. The van der Waals surface area contributed by atoms with Crippen molar-refractivity contribution in [1.82, 2.24) is 0 Å². The zero-order valence-electron chi connectivity index (χ0n) is 8.17. The average Bonchev–Trinajstić information content (AvgIpc) is 2.46. The van der Waals surface area contributed by atoms with E-state index >= 15 is 0 Å². The quantitative estimate of drug-likeness (QED) is 0.649. The van der Waals surface area contributed by atoms with Crippen LogP contribution >= 0.6 is 0 Å². The van der Waals surface area contributed by atoms with Crippen LogP contribution in [0.5, 0.6) is 0 Å². The minimum Gasteiger partial charge on any atom is -0.399 e. The van der Waals surface area contributed by atoms with E-state index in [9.17, 15) is 0 Å². The second-order valence-corrected chi connectivity index (χ2v) is 4.01. The van der Waals surface area contributed by atoms with Gasteiger partial charge in [-0.2, -0.15) is 0 Å². The van der Waals surface area contributed by atoms with Crippen molar-refractivity contribution < 1.29 is 0 Å². The first-order valence-corrected chi connectivity index (χ1v) is 4.75. The molecule has 0 bridgehead atoms. The summed E-state index contributed by atoms with van der Waals surface area (Å²) in [6.07, 6.45) is 3.37. The lowest BCUT2D eigenvalue weighted by Gasteiger charge is -2.04. The number of fused-ring (bicyclic) bond motifs is 1. The summed E-state index contributed by atoms with van der Waals surface area (Å²) in [4.78, 5) is 0. The fourth-order valence-electron chi connectivity index (χ4n) is 1.76. The van der Waals surface area contributed by atoms with E-state index in [1.807, 2.05) is 6.07 Å². The molecule has 0 saturated heterocycles. The summed E-state index contributed by atoms with van der Waals surface area (Å²) in [5.74, 6) is 0.647. The molecule has 2 rings (SSSR count). The fraction of sp³-hybridized carbons (Fsp3) is 0.333. The molecule has 1 nitrogen and oxygen atoms in total. The molecule has 0 fully saturated rings. The van der Waals surface area contributed by atoms with E-state index in [1.165, 1.54) is 16.7 Å². The molecule has 0 atom stereocenters. The van der Waals surface area contributed by atoms with Gasteiger partial charge >= 0.3 is 0 Å². The van der Waals surface area contributed by atoms with Crippen LogP contribution in [-0.4, -0.2) is 0 Å². The Morgan fingerprint density at radius 2 is 2.08 bits per heavy atom. The molecule has 0 radical (unpaired) electrons. The predicted molar refractivity (Wildman–Crippen MR) is 57.4 cm³/mol. The van der Waals surface area contributed by atoms with Crippen LogP contribution in [0.2, 0.25) is 0 Å². The van der Waals surface area contributed by atoms with Gasteiger partial charge in [-0.05, 0) is 35.6 Å². The monoisotopic (exact) mass is 173 g/mol. The summed E-state index contributed by atoms with van der Waals surface area (Å²) in [5.41, 5.74) is 10.8. The smallest absolute Gasteiger partial charge is 0.0317 e. The van der Waals surface area contributed by atoms with Crippen molar-refractivity contribution in [3.05, 3.63) is 34.9 Å². The summed E-state index contributed by atoms with van der Waals surface area (Å²) in [7, 11) is 0. The molecule has 13 heavy (non-hydrogen) atoms. The van der Waals surface area contributed by atoms with Crippen molar-refractivity contribution in [2.75, 3.05) is 5.73 Å². The summed E-state index contributed by atoms with van der Waals surface area (Å²) in [6, 6.07) is 6.17. The molecule has 68 valence electrons. The van der Waals surface area contributed by atoms with Gasteiger partial charge in [0.2, 0.25) is 0 Å². The molecule has 1 aliphatic carbocycles. The lowest BCUT2D eigenvalue weighted by molar-refractivity contribution is 0.754. The van der Waals surface area contributed by atoms with Crippen LogP contribution in [0.4, 0.5) is 5.69 Å². The van der Waals surface area contributed by atoms with E-state index < -0.39 is 0 Å². The van der Waals surface area contributed by atoms with Crippen molar-refractivity contribution >= 4 is 11.8 Å². The molecule has 0 saturated carbocycles. The molecule has 0 unspecified atom stereocenters. The number of benzene rings is 1. The van der Waals surface area contributed by atoms with Gasteiger partial charge in [0.1, 0.15) is 0 Å². The van der Waals surface area contributed by atoms with Crippen LogP contribution in [0.25, 0.3) is 6.08 Å². The highest BCUT2D eigenvalue weighted by Crippen LogP contribution is 2.30. The Bertz CT molecular complexity index is 361.